The summed E-state index contributed by atoms with van der Waals surface area (Å²) < 4.78 is 0. The number of carbonyl (C=O) groups is 1. The van der Waals surface area contributed by atoms with Crippen molar-refractivity contribution in [3.8, 4) is 0 Å². The molecule has 0 N–H and O–H groups in total. The molecule has 0 atom stereocenters. The molecule has 2 rings (SSSR count). The van der Waals surface area contributed by atoms with E-state index in [1.165, 1.54) is 16.3 Å². The second-order valence-corrected chi connectivity index (χ2v) is 4.04. The predicted octanol–water partition coefficient (Wildman–Crippen LogP) is 2.47. The van der Waals surface area contributed by atoms with E-state index in [-0.39, 0.29) is 0 Å². The third kappa shape index (κ3) is 2.47. The first-order chi connectivity index (χ1) is 7.79. The van der Waals surface area contributed by atoms with Gasteiger partial charge < -0.3 is 4.79 Å². The Hall–Kier alpha value is -1.67. The molecule has 82 valence electrons. The van der Waals surface area contributed by atoms with Crippen molar-refractivity contribution in [3.63, 3.8) is 0 Å². The van der Waals surface area contributed by atoms with E-state index in [4.69, 9.17) is 0 Å². The van der Waals surface area contributed by atoms with Gasteiger partial charge in [-0.15, -0.1) is 0 Å². The fraction of sp³-hybridized carbons (Fsp3) is 0.214. The highest BCUT2D eigenvalue weighted by Gasteiger charge is 2.00. The third-order valence-corrected chi connectivity index (χ3v) is 2.65. The quantitative estimate of drug-likeness (QED) is 0.727. The Morgan fingerprint density at radius 3 is 2.62 bits per heavy atom. The van der Waals surface area contributed by atoms with Crippen molar-refractivity contribution in [2.75, 3.05) is 13.6 Å². The standard InChI is InChI=1S/C14H15NO/c1-15(8-9-16)11-12-6-7-13-4-2-3-5-14(13)10-12/h2-7,9-10H,8,11H2,1H3. The number of benzene rings is 2. The van der Waals surface area contributed by atoms with Gasteiger partial charge in [0.1, 0.15) is 6.29 Å². The molecule has 0 bridgehead atoms. The smallest absolute Gasteiger partial charge is 0.133 e. The maximum atomic E-state index is 10.4. The van der Waals surface area contributed by atoms with Crippen LogP contribution >= 0.6 is 0 Å². The summed E-state index contributed by atoms with van der Waals surface area (Å²) in [6.45, 7) is 1.29. The largest absolute Gasteiger partial charge is 0.302 e. The van der Waals surface area contributed by atoms with Crippen molar-refractivity contribution in [1.29, 1.82) is 0 Å². The van der Waals surface area contributed by atoms with Crippen LogP contribution in [-0.2, 0) is 11.3 Å². The van der Waals surface area contributed by atoms with E-state index in [0.29, 0.717) is 6.54 Å². The molecule has 0 radical (unpaired) electrons. The summed E-state index contributed by atoms with van der Waals surface area (Å²) in [5.41, 5.74) is 1.24. The summed E-state index contributed by atoms with van der Waals surface area (Å²) in [7, 11) is 1.95. The molecule has 0 aliphatic rings. The Labute approximate surface area is 95.5 Å². The summed E-state index contributed by atoms with van der Waals surface area (Å²) in [6.07, 6.45) is 0.932. The summed E-state index contributed by atoms with van der Waals surface area (Å²) in [5, 5.41) is 2.50. The number of fused-ring (bicyclic) bond motifs is 1. The molecular weight excluding hydrogens is 198 g/mol. The van der Waals surface area contributed by atoms with Crippen LogP contribution in [0.5, 0.6) is 0 Å². The van der Waals surface area contributed by atoms with E-state index >= 15 is 0 Å². The topological polar surface area (TPSA) is 20.3 Å². The van der Waals surface area contributed by atoms with Gasteiger partial charge in [0.15, 0.2) is 0 Å². The zero-order chi connectivity index (χ0) is 11.4. The molecule has 0 heterocycles. The average Bonchev–Trinajstić information content (AvgIpc) is 2.29. The lowest BCUT2D eigenvalue weighted by atomic mass is 10.1. The lowest BCUT2D eigenvalue weighted by Gasteiger charge is -2.13. The van der Waals surface area contributed by atoms with Gasteiger partial charge in [0.2, 0.25) is 0 Å². The van der Waals surface area contributed by atoms with Gasteiger partial charge in [-0.3, -0.25) is 4.90 Å². The van der Waals surface area contributed by atoms with E-state index in [0.717, 1.165) is 12.8 Å². The summed E-state index contributed by atoms with van der Waals surface area (Å²) >= 11 is 0. The van der Waals surface area contributed by atoms with Crippen LogP contribution in [0.3, 0.4) is 0 Å². The molecule has 0 spiro atoms. The van der Waals surface area contributed by atoms with Gasteiger partial charge in [-0.2, -0.15) is 0 Å². The van der Waals surface area contributed by atoms with Crippen molar-refractivity contribution < 1.29 is 4.79 Å². The Balaban J connectivity index is 2.22. The van der Waals surface area contributed by atoms with Crippen LogP contribution in [0.1, 0.15) is 5.56 Å². The first kappa shape index (κ1) is 10.8. The van der Waals surface area contributed by atoms with Crippen molar-refractivity contribution in [2.24, 2.45) is 0 Å². The maximum Gasteiger partial charge on any atom is 0.133 e. The van der Waals surface area contributed by atoms with E-state index in [2.05, 4.69) is 30.3 Å². The van der Waals surface area contributed by atoms with Gasteiger partial charge >= 0.3 is 0 Å². The molecule has 2 aromatic rings. The van der Waals surface area contributed by atoms with Crippen LogP contribution in [0.4, 0.5) is 0 Å². The predicted molar refractivity (Wildman–Crippen MR) is 66.3 cm³/mol. The van der Waals surface area contributed by atoms with Crippen LogP contribution in [0.25, 0.3) is 10.8 Å². The van der Waals surface area contributed by atoms with Crippen LogP contribution in [-0.4, -0.2) is 24.8 Å². The molecule has 0 unspecified atom stereocenters. The lowest BCUT2D eigenvalue weighted by molar-refractivity contribution is -0.108. The molecule has 0 aliphatic carbocycles. The number of likely N-dealkylation sites (N-methyl/N-ethyl adjacent to an activating group) is 1. The number of hydrogen-bond acceptors (Lipinski definition) is 2. The van der Waals surface area contributed by atoms with Gasteiger partial charge in [-0.1, -0.05) is 36.4 Å². The van der Waals surface area contributed by atoms with E-state index in [1.807, 2.05) is 24.1 Å². The Kier molecular flexibility index (Phi) is 3.32. The minimum atomic E-state index is 0.479. The number of nitrogens with zero attached hydrogens (tertiary/aromatic N) is 1. The summed E-state index contributed by atoms with van der Waals surface area (Å²) in [6, 6.07) is 14.7. The first-order valence-electron chi connectivity index (χ1n) is 5.39. The molecule has 0 fully saturated rings. The van der Waals surface area contributed by atoms with Gasteiger partial charge in [-0.05, 0) is 29.4 Å². The zero-order valence-electron chi connectivity index (χ0n) is 9.39. The number of aldehydes is 1. The average molecular weight is 213 g/mol. The third-order valence-electron chi connectivity index (χ3n) is 2.65. The number of rotatable bonds is 4. The first-order valence-corrected chi connectivity index (χ1v) is 5.39. The molecule has 2 heteroatoms. The maximum absolute atomic E-state index is 10.4. The summed E-state index contributed by atoms with van der Waals surface area (Å²) in [4.78, 5) is 12.4. The molecule has 16 heavy (non-hydrogen) atoms. The molecule has 0 amide bonds. The SMILES string of the molecule is CN(CC=O)Cc1ccc2ccccc2c1. The van der Waals surface area contributed by atoms with Gasteiger partial charge in [0.05, 0.1) is 6.54 Å². The van der Waals surface area contributed by atoms with Crippen molar-refractivity contribution in [3.05, 3.63) is 48.0 Å². The van der Waals surface area contributed by atoms with E-state index in [1.54, 1.807) is 0 Å². The zero-order valence-corrected chi connectivity index (χ0v) is 9.39. The van der Waals surface area contributed by atoms with Crippen molar-refractivity contribution in [2.45, 2.75) is 6.54 Å². The summed E-state index contributed by atoms with van der Waals surface area (Å²) in [5.74, 6) is 0. The monoisotopic (exact) mass is 213 g/mol. The van der Waals surface area contributed by atoms with Gasteiger partial charge in [0, 0.05) is 6.54 Å². The van der Waals surface area contributed by atoms with Crippen molar-refractivity contribution in [1.82, 2.24) is 4.90 Å². The highest BCUT2D eigenvalue weighted by atomic mass is 16.1. The molecule has 0 aliphatic heterocycles. The molecular formula is C14H15NO. The lowest BCUT2D eigenvalue weighted by Crippen LogP contribution is -2.19. The molecule has 2 nitrogen and oxygen atoms in total. The van der Waals surface area contributed by atoms with Gasteiger partial charge in [-0.25, -0.2) is 0 Å². The van der Waals surface area contributed by atoms with Crippen LogP contribution in [0.2, 0.25) is 0 Å². The minimum Gasteiger partial charge on any atom is -0.302 e. The molecule has 0 saturated heterocycles. The highest BCUT2D eigenvalue weighted by molar-refractivity contribution is 5.82. The van der Waals surface area contributed by atoms with Crippen LogP contribution in [0.15, 0.2) is 42.5 Å². The van der Waals surface area contributed by atoms with Crippen LogP contribution in [0, 0.1) is 0 Å². The van der Waals surface area contributed by atoms with Gasteiger partial charge in [0.25, 0.3) is 0 Å². The Bertz CT molecular complexity index is 493. The Morgan fingerprint density at radius 2 is 1.88 bits per heavy atom. The Morgan fingerprint density at radius 1 is 1.12 bits per heavy atom. The minimum absolute atomic E-state index is 0.479. The van der Waals surface area contributed by atoms with Crippen molar-refractivity contribution >= 4 is 17.1 Å². The highest BCUT2D eigenvalue weighted by Crippen LogP contribution is 2.16. The molecule has 0 saturated carbocycles. The molecule has 0 aromatic heterocycles. The fourth-order valence-corrected chi connectivity index (χ4v) is 1.84. The number of hydrogen-bond donors (Lipinski definition) is 0. The second kappa shape index (κ2) is 4.90. The molecule has 2 aromatic carbocycles. The normalized spacial score (nSPS) is 10.9. The van der Waals surface area contributed by atoms with E-state index in [9.17, 15) is 4.79 Å². The second-order valence-electron chi connectivity index (χ2n) is 4.04. The fourth-order valence-electron chi connectivity index (χ4n) is 1.84. The van der Waals surface area contributed by atoms with E-state index < -0.39 is 0 Å². The van der Waals surface area contributed by atoms with Crippen LogP contribution < -0.4 is 0 Å². The number of carbonyl (C=O) groups excluding carboxylic acids is 1.